The van der Waals surface area contributed by atoms with Crippen LogP contribution in [0.3, 0.4) is 0 Å². The first-order valence-corrected chi connectivity index (χ1v) is 6.40. The van der Waals surface area contributed by atoms with E-state index in [4.69, 9.17) is 5.73 Å². The molecule has 0 aliphatic carbocycles. The highest BCUT2D eigenvalue weighted by Crippen LogP contribution is 2.31. The summed E-state index contributed by atoms with van der Waals surface area (Å²) < 4.78 is 1.11. The Balaban J connectivity index is 1.91. The molecule has 0 spiro atoms. The minimum atomic E-state index is 0.905. The molecule has 0 atom stereocenters. The summed E-state index contributed by atoms with van der Waals surface area (Å²) in [6, 6.07) is 14.6. The van der Waals surface area contributed by atoms with E-state index in [0.29, 0.717) is 0 Å². The lowest BCUT2D eigenvalue weighted by molar-refractivity contribution is 0.881. The van der Waals surface area contributed by atoms with Gasteiger partial charge in [0, 0.05) is 28.9 Å². The number of hydrogen-bond donors (Lipinski definition) is 1. The second-order valence-electron chi connectivity index (χ2n) is 4.32. The monoisotopic (exact) mass is 288 g/mol. The molecule has 0 aromatic heterocycles. The quantitative estimate of drug-likeness (QED) is 0.813. The predicted octanol–water partition coefficient (Wildman–Crippen LogP) is 3.55. The molecular weight excluding hydrogens is 276 g/mol. The minimum absolute atomic E-state index is 0.905. The zero-order valence-electron chi connectivity index (χ0n) is 9.36. The highest BCUT2D eigenvalue weighted by Gasteiger charge is 2.20. The molecule has 0 saturated heterocycles. The first-order valence-electron chi connectivity index (χ1n) is 5.61. The molecule has 0 bridgehead atoms. The van der Waals surface area contributed by atoms with E-state index in [2.05, 4.69) is 51.2 Å². The minimum Gasteiger partial charge on any atom is -0.398 e. The molecule has 2 aromatic rings. The highest BCUT2D eigenvalue weighted by molar-refractivity contribution is 9.10. The van der Waals surface area contributed by atoms with Gasteiger partial charge in [0.2, 0.25) is 0 Å². The third-order valence-electron chi connectivity index (χ3n) is 3.21. The zero-order valence-corrected chi connectivity index (χ0v) is 10.9. The van der Waals surface area contributed by atoms with E-state index in [1.54, 1.807) is 0 Å². The lowest BCUT2D eigenvalue weighted by atomic mass is 10.1. The van der Waals surface area contributed by atoms with Gasteiger partial charge in [-0.15, -0.1) is 0 Å². The summed E-state index contributed by atoms with van der Waals surface area (Å²) in [5.41, 5.74) is 10.8. The van der Waals surface area contributed by atoms with Gasteiger partial charge in [0.1, 0.15) is 0 Å². The third kappa shape index (κ3) is 1.91. The largest absolute Gasteiger partial charge is 0.398 e. The van der Waals surface area contributed by atoms with Crippen LogP contribution in [0.2, 0.25) is 0 Å². The van der Waals surface area contributed by atoms with Crippen molar-refractivity contribution in [1.82, 2.24) is 0 Å². The normalized spacial score (nSPS) is 13.8. The van der Waals surface area contributed by atoms with Crippen LogP contribution in [0.15, 0.2) is 46.9 Å². The number of rotatable bonds is 1. The van der Waals surface area contributed by atoms with Gasteiger partial charge in [-0.1, -0.05) is 28.1 Å². The maximum atomic E-state index is 6.00. The maximum absolute atomic E-state index is 6.00. The fourth-order valence-corrected chi connectivity index (χ4v) is 2.55. The van der Waals surface area contributed by atoms with Crippen molar-refractivity contribution in [2.75, 3.05) is 10.6 Å². The maximum Gasteiger partial charge on any atom is 0.0457 e. The van der Waals surface area contributed by atoms with Crippen molar-refractivity contribution in [1.29, 1.82) is 0 Å². The summed E-state index contributed by atoms with van der Waals surface area (Å²) in [5.74, 6) is 0. The summed E-state index contributed by atoms with van der Waals surface area (Å²) in [6.07, 6.45) is 0. The number of halogens is 1. The van der Waals surface area contributed by atoms with Crippen LogP contribution in [0, 0.1) is 0 Å². The molecule has 1 aliphatic heterocycles. The standard InChI is InChI=1S/C14H13BrN2/c15-11-4-6-12(7-5-11)17-8-10-2-1-3-14(16)13(10)9-17/h1-7H,8-9,16H2. The van der Waals surface area contributed by atoms with Gasteiger partial charge >= 0.3 is 0 Å². The summed E-state index contributed by atoms with van der Waals surface area (Å²) in [4.78, 5) is 2.34. The summed E-state index contributed by atoms with van der Waals surface area (Å²) >= 11 is 3.46. The van der Waals surface area contributed by atoms with E-state index in [1.807, 2.05) is 12.1 Å². The Morgan fingerprint density at radius 2 is 1.76 bits per heavy atom. The van der Waals surface area contributed by atoms with E-state index >= 15 is 0 Å². The van der Waals surface area contributed by atoms with Crippen LogP contribution < -0.4 is 10.6 Å². The number of nitrogens with two attached hydrogens (primary N) is 1. The Bertz CT molecular complexity index is 549. The number of nitrogen functional groups attached to an aromatic ring is 1. The molecule has 0 unspecified atom stereocenters. The van der Waals surface area contributed by atoms with Crippen molar-refractivity contribution in [3.05, 3.63) is 58.1 Å². The molecule has 0 radical (unpaired) electrons. The van der Waals surface area contributed by atoms with E-state index in [1.165, 1.54) is 16.8 Å². The Labute approximate surface area is 109 Å². The van der Waals surface area contributed by atoms with Crippen LogP contribution in [0.5, 0.6) is 0 Å². The summed E-state index contributed by atoms with van der Waals surface area (Å²) in [6.45, 7) is 1.85. The summed E-state index contributed by atoms with van der Waals surface area (Å²) in [5, 5.41) is 0. The number of benzene rings is 2. The molecule has 0 fully saturated rings. The second-order valence-corrected chi connectivity index (χ2v) is 5.23. The summed E-state index contributed by atoms with van der Waals surface area (Å²) in [7, 11) is 0. The third-order valence-corrected chi connectivity index (χ3v) is 3.74. The molecule has 0 amide bonds. The topological polar surface area (TPSA) is 29.3 Å². The van der Waals surface area contributed by atoms with Gasteiger partial charge in [0.15, 0.2) is 0 Å². The Hall–Kier alpha value is -1.48. The Morgan fingerprint density at radius 3 is 2.47 bits per heavy atom. The van der Waals surface area contributed by atoms with Crippen LogP contribution in [-0.2, 0) is 13.1 Å². The van der Waals surface area contributed by atoms with Crippen LogP contribution in [-0.4, -0.2) is 0 Å². The van der Waals surface area contributed by atoms with Gasteiger partial charge in [-0.2, -0.15) is 0 Å². The molecule has 3 rings (SSSR count). The molecule has 2 aromatic carbocycles. The predicted molar refractivity (Wildman–Crippen MR) is 74.9 cm³/mol. The molecule has 2 N–H and O–H groups in total. The van der Waals surface area contributed by atoms with Gasteiger partial charge in [-0.25, -0.2) is 0 Å². The molecule has 1 heterocycles. The number of fused-ring (bicyclic) bond motifs is 1. The van der Waals surface area contributed by atoms with Crippen molar-refractivity contribution >= 4 is 27.3 Å². The second kappa shape index (κ2) is 4.08. The molecular formula is C14H13BrN2. The van der Waals surface area contributed by atoms with Gasteiger partial charge in [0.25, 0.3) is 0 Å². The number of anilines is 2. The van der Waals surface area contributed by atoms with Gasteiger partial charge in [0.05, 0.1) is 0 Å². The van der Waals surface area contributed by atoms with Gasteiger partial charge in [-0.05, 0) is 41.5 Å². The van der Waals surface area contributed by atoms with Crippen LogP contribution in [0.4, 0.5) is 11.4 Å². The van der Waals surface area contributed by atoms with Crippen molar-refractivity contribution in [3.8, 4) is 0 Å². The average Bonchev–Trinajstić information content (AvgIpc) is 2.75. The molecule has 3 heteroatoms. The molecule has 2 nitrogen and oxygen atoms in total. The molecule has 86 valence electrons. The van der Waals surface area contributed by atoms with E-state index < -0.39 is 0 Å². The average molecular weight is 289 g/mol. The fourth-order valence-electron chi connectivity index (χ4n) is 2.28. The Kier molecular flexibility index (Phi) is 2.56. The van der Waals surface area contributed by atoms with Crippen LogP contribution in [0.25, 0.3) is 0 Å². The number of hydrogen-bond acceptors (Lipinski definition) is 2. The van der Waals surface area contributed by atoms with Crippen LogP contribution >= 0.6 is 15.9 Å². The lowest BCUT2D eigenvalue weighted by Gasteiger charge is -2.17. The molecule has 17 heavy (non-hydrogen) atoms. The first kappa shape index (κ1) is 10.7. The first-order chi connectivity index (χ1) is 8.24. The lowest BCUT2D eigenvalue weighted by Crippen LogP contribution is -2.14. The SMILES string of the molecule is Nc1cccc2c1CN(c1ccc(Br)cc1)C2. The van der Waals surface area contributed by atoms with Crippen molar-refractivity contribution < 1.29 is 0 Å². The van der Waals surface area contributed by atoms with Crippen molar-refractivity contribution in [2.45, 2.75) is 13.1 Å². The van der Waals surface area contributed by atoms with E-state index in [-0.39, 0.29) is 0 Å². The molecule has 0 saturated carbocycles. The van der Waals surface area contributed by atoms with Crippen molar-refractivity contribution in [2.24, 2.45) is 0 Å². The Morgan fingerprint density at radius 1 is 1.00 bits per heavy atom. The van der Waals surface area contributed by atoms with E-state index in [9.17, 15) is 0 Å². The van der Waals surface area contributed by atoms with E-state index in [0.717, 1.165) is 23.2 Å². The fraction of sp³-hybridized carbons (Fsp3) is 0.143. The van der Waals surface area contributed by atoms with Crippen LogP contribution in [0.1, 0.15) is 11.1 Å². The van der Waals surface area contributed by atoms with Gasteiger partial charge in [-0.3, -0.25) is 0 Å². The van der Waals surface area contributed by atoms with Gasteiger partial charge < -0.3 is 10.6 Å². The smallest absolute Gasteiger partial charge is 0.0457 e. The highest BCUT2D eigenvalue weighted by atomic mass is 79.9. The molecule has 1 aliphatic rings. The number of nitrogens with zero attached hydrogens (tertiary/aromatic N) is 1. The zero-order chi connectivity index (χ0) is 11.8. The van der Waals surface area contributed by atoms with Crippen molar-refractivity contribution in [3.63, 3.8) is 0 Å².